The summed E-state index contributed by atoms with van der Waals surface area (Å²) in [4.78, 5) is 25.9. The molecule has 1 saturated heterocycles. The summed E-state index contributed by atoms with van der Waals surface area (Å²) in [7, 11) is 0. The Labute approximate surface area is 155 Å². The number of aryl methyl sites for hydroxylation is 1. The highest BCUT2D eigenvalue weighted by molar-refractivity contribution is 5.92. The highest BCUT2D eigenvalue weighted by atomic mass is 16.1. The van der Waals surface area contributed by atoms with Crippen molar-refractivity contribution in [2.24, 2.45) is 0 Å². The second kappa shape index (κ2) is 8.27. The molecule has 1 N–H and O–H groups in total. The molecule has 6 nitrogen and oxygen atoms in total. The van der Waals surface area contributed by atoms with Crippen LogP contribution in [-0.2, 0) is 6.54 Å². The van der Waals surface area contributed by atoms with Gasteiger partial charge in [-0.25, -0.2) is 9.97 Å². The van der Waals surface area contributed by atoms with Crippen LogP contribution >= 0.6 is 0 Å². The zero-order valence-electron chi connectivity index (χ0n) is 15.8. The molecule has 1 aliphatic rings. The van der Waals surface area contributed by atoms with E-state index in [9.17, 15) is 4.79 Å². The van der Waals surface area contributed by atoms with Crippen molar-refractivity contribution in [2.75, 3.05) is 31.1 Å². The average molecular weight is 353 g/mol. The molecule has 0 atom stereocenters. The maximum Gasteiger partial charge on any atom is 0.270 e. The number of carbonyl (C=O) groups excluding carboxylic acids is 1. The van der Waals surface area contributed by atoms with Crippen molar-refractivity contribution >= 4 is 11.9 Å². The van der Waals surface area contributed by atoms with Gasteiger partial charge in [0, 0.05) is 44.5 Å². The molecule has 1 aromatic heterocycles. The summed E-state index contributed by atoms with van der Waals surface area (Å²) in [5.41, 5.74) is 2.59. The standard InChI is InChI=1S/C20H27N5O/c1-15(2)21-19(26)18-13-16(3)22-20(23-18)25-11-9-24(10-12-25)14-17-7-5-4-6-8-17/h4-8,13,15H,9-12,14H2,1-3H3,(H,21,26). The third kappa shape index (κ3) is 4.79. The molecule has 1 fully saturated rings. The molecule has 0 aliphatic carbocycles. The largest absolute Gasteiger partial charge is 0.349 e. The second-order valence-electron chi connectivity index (χ2n) is 7.07. The Morgan fingerprint density at radius 2 is 1.81 bits per heavy atom. The molecule has 1 amide bonds. The second-order valence-corrected chi connectivity index (χ2v) is 7.07. The lowest BCUT2D eigenvalue weighted by Gasteiger charge is -2.35. The van der Waals surface area contributed by atoms with Gasteiger partial charge in [0.25, 0.3) is 5.91 Å². The van der Waals surface area contributed by atoms with Crippen molar-refractivity contribution in [2.45, 2.75) is 33.4 Å². The van der Waals surface area contributed by atoms with E-state index in [4.69, 9.17) is 0 Å². The van der Waals surface area contributed by atoms with Crippen molar-refractivity contribution in [3.63, 3.8) is 0 Å². The van der Waals surface area contributed by atoms with Gasteiger partial charge in [-0.1, -0.05) is 30.3 Å². The van der Waals surface area contributed by atoms with E-state index in [0.717, 1.165) is 38.4 Å². The number of hydrogen-bond acceptors (Lipinski definition) is 5. The number of anilines is 1. The fourth-order valence-corrected chi connectivity index (χ4v) is 3.09. The van der Waals surface area contributed by atoms with Crippen LogP contribution in [0.15, 0.2) is 36.4 Å². The van der Waals surface area contributed by atoms with E-state index in [0.29, 0.717) is 11.6 Å². The topological polar surface area (TPSA) is 61.4 Å². The van der Waals surface area contributed by atoms with E-state index in [1.807, 2.05) is 26.8 Å². The highest BCUT2D eigenvalue weighted by Crippen LogP contribution is 2.15. The van der Waals surface area contributed by atoms with Crippen molar-refractivity contribution in [1.82, 2.24) is 20.2 Å². The van der Waals surface area contributed by atoms with Crippen LogP contribution in [0.3, 0.4) is 0 Å². The van der Waals surface area contributed by atoms with E-state index in [2.05, 4.69) is 49.4 Å². The van der Waals surface area contributed by atoms with E-state index < -0.39 is 0 Å². The van der Waals surface area contributed by atoms with Crippen LogP contribution < -0.4 is 10.2 Å². The zero-order valence-corrected chi connectivity index (χ0v) is 15.8. The number of carbonyl (C=O) groups is 1. The molecule has 0 bridgehead atoms. The first-order valence-corrected chi connectivity index (χ1v) is 9.19. The number of aromatic nitrogens is 2. The van der Waals surface area contributed by atoms with Crippen molar-refractivity contribution in [3.05, 3.63) is 53.3 Å². The molecule has 0 saturated carbocycles. The Morgan fingerprint density at radius 1 is 1.12 bits per heavy atom. The Balaban J connectivity index is 1.63. The highest BCUT2D eigenvalue weighted by Gasteiger charge is 2.21. The van der Waals surface area contributed by atoms with Crippen molar-refractivity contribution in [3.8, 4) is 0 Å². The molecule has 1 aromatic carbocycles. The van der Waals surface area contributed by atoms with Gasteiger partial charge in [-0.05, 0) is 32.4 Å². The normalized spacial score (nSPS) is 15.3. The first-order chi connectivity index (χ1) is 12.5. The lowest BCUT2D eigenvalue weighted by molar-refractivity contribution is 0.0938. The predicted molar refractivity (Wildman–Crippen MR) is 103 cm³/mol. The molecule has 6 heteroatoms. The number of nitrogens with one attached hydrogen (secondary N) is 1. The summed E-state index contributed by atoms with van der Waals surface area (Å²) < 4.78 is 0. The predicted octanol–water partition coefficient (Wildman–Crippen LogP) is 2.25. The van der Waals surface area contributed by atoms with Crippen LogP contribution in [-0.4, -0.2) is 53.0 Å². The summed E-state index contributed by atoms with van der Waals surface area (Å²) in [6.45, 7) is 10.4. The Bertz CT molecular complexity index is 739. The molecule has 1 aliphatic heterocycles. The number of nitrogens with zero attached hydrogens (tertiary/aromatic N) is 4. The maximum absolute atomic E-state index is 12.3. The molecule has 3 rings (SSSR count). The molecule has 0 radical (unpaired) electrons. The summed E-state index contributed by atoms with van der Waals surface area (Å²) in [6, 6.07) is 12.4. The molecular weight excluding hydrogens is 326 g/mol. The molecular formula is C20H27N5O. The first kappa shape index (κ1) is 18.3. The summed E-state index contributed by atoms with van der Waals surface area (Å²) in [5, 5.41) is 2.89. The van der Waals surface area contributed by atoms with Gasteiger partial charge in [0.1, 0.15) is 5.69 Å². The maximum atomic E-state index is 12.3. The minimum atomic E-state index is -0.144. The summed E-state index contributed by atoms with van der Waals surface area (Å²) >= 11 is 0. The lowest BCUT2D eigenvalue weighted by Crippen LogP contribution is -2.46. The van der Waals surface area contributed by atoms with Gasteiger partial charge < -0.3 is 10.2 Å². The zero-order chi connectivity index (χ0) is 18.5. The smallest absolute Gasteiger partial charge is 0.270 e. The number of amides is 1. The van der Waals surface area contributed by atoms with Gasteiger partial charge in [-0.2, -0.15) is 0 Å². The third-order valence-electron chi connectivity index (χ3n) is 4.40. The van der Waals surface area contributed by atoms with E-state index in [1.165, 1.54) is 5.56 Å². The van der Waals surface area contributed by atoms with Crippen LogP contribution in [0.2, 0.25) is 0 Å². The van der Waals surface area contributed by atoms with Crippen LogP contribution in [0.5, 0.6) is 0 Å². The minimum Gasteiger partial charge on any atom is -0.349 e. The number of benzene rings is 1. The lowest BCUT2D eigenvalue weighted by atomic mass is 10.2. The Morgan fingerprint density at radius 3 is 2.46 bits per heavy atom. The number of hydrogen-bond donors (Lipinski definition) is 1. The first-order valence-electron chi connectivity index (χ1n) is 9.19. The van der Waals surface area contributed by atoms with E-state index >= 15 is 0 Å². The van der Waals surface area contributed by atoms with E-state index in [1.54, 1.807) is 6.07 Å². The molecule has 26 heavy (non-hydrogen) atoms. The number of piperazine rings is 1. The van der Waals surface area contributed by atoms with Crippen molar-refractivity contribution in [1.29, 1.82) is 0 Å². The molecule has 0 spiro atoms. The average Bonchev–Trinajstić information content (AvgIpc) is 2.62. The summed E-state index contributed by atoms with van der Waals surface area (Å²) in [6.07, 6.45) is 0. The van der Waals surface area contributed by atoms with Gasteiger partial charge in [-0.3, -0.25) is 9.69 Å². The monoisotopic (exact) mass is 353 g/mol. The molecule has 138 valence electrons. The Hall–Kier alpha value is -2.47. The number of rotatable bonds is 5. The van der Waals surface area contributed by atoms with Crippen LogP contribution in [0.25, 0.3) is 0 Å². The van der Waals surface area contributed by atoms with Crippen molar-refractivity contribution < 1.29 is 4.79 Å². The van der Waals surface area contributed by atoms with Gasteiger partial charge in [0.05, 0.1) is 0 Å². The molecule has 2 aromatic rings. The fourth-order valence-electron chi connectivity index (χ4n) is 3.09. The quantitative estimate of drug-likeness (QED) is 0.893. The van der Waals surface area contributed by atoms with Gasteiger partial charge in [0.2, 0.25) is 5.95 Å². The van der Waals surface area contributed by atoms with Crippen LogP contribution in [0.1, 0.15) is 35.6 Å². The van der Waals surface area contributed by atoms with E-state index in [-0.39, 0.29) is 11.9 Å². The molecule has 0 unspecified atom stereocenters. The van der Waals surface area contributed by atoms with Gasteiger partial charge >= 0.3 is 0 Å². The fraction of sp³-hybridized carbons (Fsp3) is 0.450. The van der Waals surface area contributed by atoms with Gasteiger partial charge in [0.15, 0.2) is 0 Å². The molecule has 2 heterocycles. The minimum absolute atomic E-state index is 0.0859. The Kier molecular flexibility index (Phi) is 5.83. The summed E-state index contributed by atoms with van der Waals surface area (Å²) in [5.74, 6) is 0.507. The SMILES string of the molecule is Cc1cc(C(=O)NC(C)C)nc(N2CCN(Cc3ccccc3)CC2)n1. The van der Waals surface area contributed by atoms with Gasteiger partial charge in [-0.15, -0.1) is 0 Å². The van der Waals surface area contributed by atoms with Crippen LogP contribution in [0.4, 0.5) is 5.95 Å². The van der Waals surface area contributed by atoms with Crippen LogP contribution in [0, 0.1) is 6.92 Å². The third-order valence-corrected chi connectivity index (χ3v) is 4.40.